The van der Waals surface area contributed by atoms with Crippen molar-refractivity contribution < 1.29 is 9.32 Å². The van der Waals surface area contributed by atoms with Gasteiger partial charge in [0.15, 0.2) is 10.8 Å². The molecular formula is C24H26N6O3S. The standard InChI is InChI=1S/C24H26N6O3S/c1-16-12-19(18(3)30(16)21-13-17(2)33-26-21)4-5-22(31)28-8-6-27(7-9-28)15-20-14-23(32)29-10-11-34-24(29)25-20/h4-5,10-14H,6-9,15H2,1-3H3. The summed E-state index contributed by atoms with van der Waals surface area (Å²) in [4.78, 5) is 34.4. The number of thiazole rings is 1. The van der Waals surface area contributed by atoms with E-state index in [0.29, 0.717) is 24.6 Å². The molecule has 5 heterocycles. The second kappa shape index (κ2) is 9.03. The number of fused-ring (bicyclic) bond motifs is 1. The highest BCUT2D eigenvalue weighted by atomic mass is 32.1. The second-order valence-corrected chi connectivity index (χ2v) is 9.41. The molecule has 34 heavy (non-hydrogen) atoms. The van der Waals surface area contributed by atoms with Gasteiger partial charge in [0.05, 0.1) is 5.69 Å². The van der Waals surface area contributed by atoms with Crippen LogP contribution in [0.5, 0.6) is 0 Å². The highest BCUT2D eigenvalue weighted by Crippen LogP contribution is 2.22. The minimum atomic E-state index is -0.0572. The third-order valence-corrected chi connectivity index (χ3v) is 6.90. The molecule has 1 aliphatic rings. The normalized spacial score (nSPS) is 15.1. The van der Waals surface area contributed by atoms with Crippen LogP contribution < -0.4 is 5.56 Å². The van der Waals surface area contributed by atoms with E-state index in [1.165, 1.54) is 11.3 Å². The fourth-order valence-corrected chi connectivity index (χ4v) is 5.10. The first-order valence-electron chi connectivity index (χ1n) is 11.2. The SMILES string of the molecule is Cc1cc(-n2c(C)cc(C=CC(=O)N3CCN(Cc4cc(=O)n5ccsc5n4)CC3)c2C)no1. The Morgan fingerprint density at radius 2 is 1.94 bits per heavy atom. The lowest BCUT2D eigenvalue weighted by Gasteiger charge is -2.34. The zero-order valence-corrected chi connectivity index (χ0v) is 20.2. The van der Waals surface area contributed by atoms with Crippen LogP contribution in [0.25, 0.3) is 16.9 Å². The van der Waals surface area contributed by atoms with E-state index < -0.39 is 0 Å². The molecule has 1 amide bonds. The molecule has 0 bridgehead atoms. The molecule has 1 saturated heterocycles. The van der Waals surface area contributed by atoms with Crippen molar-refractivity contribution in [2.75, 3.05) is 26.2 Å². The Labute approximate surface area is 200 Å². The van der Waals surface area contributed by atoms with Crippen LogP contribution in [0.15, 0.2) is 45.2 Å². The highest BCUT2D eigenvalue weighted by Gasteiger charge is 2.21. The predicted octanol–water partition coefficient (Wildman–Crippen LogP) is 2.82. The van der Waals surface area contributed by atoms with Crippen LogP contribution in [0, 0.1) is 20.8 Å². The Morgan fingerprint density at radius 1 is 1.15 bits per heavy atom. The van der Waals surface area contributed by atoms with E-state index in [0.717, 1.165) is 47.3 Å². The van der Waals surface area contributed by atoms with Gasteiger partial charge in [-0.15, -0.1) is 11.3 Å². The van der Waals surface area contributed by atoms with Crippen LogP contribution in [-0.2, 0) is 11.3 Å². The third-order valence-electron chi connectivity index (χ3n) is 6.15. The maximum Gasteiger partial charge on any atom is 0.258 e. The molecule has 0 aromatic carbocycles. The smallest absolute Gasteiger partial charge is 0.258 e. The lowest BCUT2D eigenvalue weighted by Crippen LogP contribution is -2.48. The Kier molecular flexibility index (Phi) is 5.93. The van der Waals surface area contributed by atoms with Gasteiger partial charge >= 0.3 is 0 Å². The molecule has 0 radical (unpaired) electrons. The molecule has 0 spiro atoms. The molecule has 0 aliphatic carbocycles. The lowest BCUT2D eigenvalue weighted by atomic mass is 10.2. The summed E-state index contributed by atoms with van der Waals surface area (Å²) in [6.07, 6.45) is 5.25. The van der Waals surface area contributed by atoms with E-state index in [-0.39, 0.29) is 11.5 Å². The van der Waals surface area contributed by atoms with Gasteiger partial charge in [-0.1, -0.05) is 5.16 Å². The lowest BCUT2D eigenvalue weighted by molar-refractivity contribution is -0.127. The van der Waals surface area contributed by atoms with Crippen molar-refractivity contribution in [3.05, 3.63) is 74.6 Å². The molecular weight excluding hydrogens is 452 g/mol. The van der Waals surface area contributed by atoms with Crippen molar-refractivity contribution in [1.82, 2.24) is 28.9 Å². The summed E-state index contributed by atoms with van der Waals surface area (Å²) < 4.78 is 8.79. The molecule has 10 heteroatoms. The number of carbonyl (C=O) groups excluding carboxylic acids is 1. The van der Waals surface area contributed by atoms with Gasteiger partial charge in [0.2, 0.25) is 5.91 Å². The topological polar surface area (TPSA) is 88.9 Å². The van der Waals surface area contributed by atoms with Crippen LogP contribution >= 0.6 is 11.3 Å². The van der Waals surface area contributed by atoms with Crippen molar-refractivity contribution in [2.24, 2.45) is 0 Å². The van der Waals surface area contributed by atoms with Crippen LogP contribution in [0.4, 0.5) is 0 Å². The summed E-state index contributed by atoms with van der Waals surface area (Å²) in [6.45, 7) is 9.25. The van der Waals surface area contributed by atoms with Gasteiger partial charge in [-0.3, -0.25) is 23.5 Å². The number of carbonyl (C=O) groups is 1. The van der Waals surface area contributed by atoms with Gasteiger partial charge in [0.1, 0.15) is 5.76 Å². The van der Waals surface area contributed by atoms with Crippen molar-refractivity contribution in [1.29, 1.82) is 0 Å². The summed E-state index contributed by atoms with van der Waals surface area (Å²) >= 11 is 1.45. The summed E-state index contributed by atoms with van der Waals surface area (Å²) in [6, 6.07) is 5.53. The van der Waals surface area contributed by atoms with E-state index in [9.17, 15) is 9.59 Å². The van der Waals surface area contributed by atoms with E-state index in [1.54, 1.807) is 22.7 Å². The molecule has 0 atom stereocenters. The highest BCUT2D eigenvalue weighted by molar-refractivity contribution is 7.15. The summed E-state index contributed by atoms with van der Waals surface area (Å²) in [7, 11) is 0. The number of aromatic nitrogens is 4. The minimum absolute atomic E-state index is 0.00175. The molecule has 176 valence electrons. The van der Waals surface area contributed by atoms with E-state index >= 15 is 0 Å². The first kappa shape index (κ1) is 22.3. The van der Waals surface area contributed by atoms with Crippen molar-refractivity contribution in [3.8, 4) is 5.82 Å². The molecule has 0 unspecified atom stereocenters. The van der Waals surface area contributed by atoms with Crippen molar-refractivity contribution >= 4 is 28.3 Å². The van der Waals surface area contributed by atoms with Crippen molar-refractivity contribution in [2.45, 2.75) is 27.3 Å². The molecule has 4 aromatic rings. The molecule has 1 aliphatic heterocycles. The molecule has 4 aromatic heterocycles. The number of nitrogens with zero attached hydrogens (tertiary/aromatic N) is 6. The van der Waals surface area contributed by atoms with Gasteiger partial charge < -0.3 is 9.42 Å². The van der Waals surface area contributed by atoms with Crippen LogP contribution in [0.1, 0.15) is 28.4 Å². The van der Waals surface area contributed by atoms with Gasteiger partial charge in [-0.05, 0) is 38.5 Å². The number of rotatable bonds is 5. The number of hydrogen-bond acceptors (Lipinski definition) is 7. The molecule has 5 rings (SSSR count). The minimum Gasteiger partial charge on any atom is -0.360 e. The number of piperazine rings is 1. The molecule has 1 fully saturated rings. The maximum absolute atomic E-state index is 12.8. The first-order valence-corrected chi connectivity index (χ1v) is 12.0. The summed E-state index contributed by atoms with van der Waals surface area (Å²) in [5.74, 6) is 1.49. The van der Waals surface area contributed by atoms with E-state index in [2.05, 4.69) is 15.0 Å². The van der Waals surface area contributed by atoms with Gasteiger partial charge in [0, 0.05) is 73.9 Å². The Bertz CT molecular complexity index is 1430. The van der Waals surface area contributed by atoms with Gasteiger partial charge in [-0.2, -0.15) is 0 Å². The predicted molar refractivity (Wildman–Crippen MR) is 130 cm³/mol. The quantitative estimate of drug-likeness (QED) is 0.410. The molecule has 0 saturated carbocycles. The fraction of sp³-hybridized carbons (Fsp3) is 0.333. The summed E-state index contributed by atoms with van der Waals surface area (Å²) in [5, 5.41) is 5.96. The fourth-order valence-electron chi connectivity index (χ4n) is 4.36. The second-order valence-electron chi connectivity index (χ2n) is 8.53. The van der Waals surface area contributed by atoms with Crippen molar-refractivity contribution in [3.63, 3.8) is 0 Å². The number of amides is 1. The Balaban J connectivity index is 1.20. The maximum atomic E-state index is 12.8. The average Bonchev–Trinajstić information content (AvgIpc) is 3.52. The Hall–Kier alpha value is -3.50. The largest absolute Gasteiger partial charge is 0.360 e. The van der Waals surface area contributed by atoms with Crippen LogP contribution in [0.3, 0.4) is 0 Å². The molecule has 9 nitrogen and oxygen atoms in total. The first-order chi connectivity index (χ1) is 16.4. The number of hydrogen-bond donors (Lipinski definition) is 0. The third kappa shape index (κ3) is 4.34. The zero-order valence-electron chi connectivity index (χ0n) is 19.4. The van der Waals surface area contributed by atoms with Gasteiger partial charge in [0.25, 0.3) is 5.56 Å². The monoisotopic (exact) mass is 478 g/mol. The molecule has 0 N–H and O–H groups in total. The average molecular weight is 479 g/mol. The number of aryl methyl sites for hydroxylation is 2. The summed E-state index contributed by atoms with van der Waals surface area (Å²) in [5.41, 5.74) is 3.72. The van der Waals surface area contributed by atoms with E-state index in [1.807, 2.05) is 53.8 Å². The Morgan fingerprint density at radius 3 is 2.68 bits per heavy atom. The van der Waals surface area contributed by atoms with Crippen LogP contribution in [-0.4, -0.2) is 61.0 Å². The zero-order chi connectivity index (χ0) is 23.8. The van der Waals surface area contributed by atoms with E-state index in [4.69, 9.17) is 4.52 Å². The van der Waals surface area contributed by atoms with Gasteiger partial charge in [-0.25, -0.2) is 4.98 Å². The van der Waals surface area contributed by atoms with Crippen LogP contribution in [0.2, 0.25) is 0 Å².